The SMILES string of the molecule is CCOC(CNC(=O)c1cnn2c(C)c(Cc3cccc(Br)c3)c(C)nc12)OCC. The summed E-state index contributed by atoms with van der Waals surface area (Å²) in [5, 5.41) is 7.28. The van der Waals surface area contributed by atoms with Crippen molar-refractivity contribution >= 4 is 27.5 Å². The van der Waals surface area contributed by atoms with Crippen LogP contribution < -0.4 is 5.32 Å². The molecule has 0 saturated carbocycles. The highest BCUT2D eigenvalue weighted by Gasteiger charge is 2.19. The standard InChI is InChI=1S/C22H27BrN4O3/c1-5-29-20(30-6-2)13-24-22(28)19-12-25-27-15(4)18(14(3)26-21(19)27)11-16-8-7-9-17(23)10-16/h7-10,12,20H,5-6,11,13H2,1-4H3,(H,24,28). The number of fused-ring (bicyclic) bond motifs is 1. The first-order valence-electron chi connectivity index (χ1n) is 10.0. The molecule has 2 aromatic heterocycles. The lowest BCUT2D eigenvalue weighted by Gasteiger charge is -2.17. The monoisotopic (exact) mass is 474 g/mol. The fraction of sp³-hybridized carbons (Fsp3) is 0.409. The molecule has 0 fully saturated rings. The predicted molar refractivity (Wildman–Crippen MR) is 119 cm³/mol. The molecule has 2 heterocycles. The molecular formula is C22H27BrN4O3. The minimum Gasteiger partial charge on any atom is -0.351 e. The van der Waals surface area contributed by atoms with E-state index in [1.54, 1.807) is 10.7 Å². The Bertz CT molecular complexity index is 1030. The highest BCUT2D eigenvalue weighted by molar-refractivity contribution is 9.10. The zero-order chi connectivity index (χ0) is 21.7. The van der Waals surface area contributed by atoms with Crippen molar-refractivity contribution in [3.05, 3.63) is 63.0 Å². The smallest absolute Gasteiger partial charge is 0.256 e. The van der Waals surface area contributed by atoms with Crippen molar-refractivity contribution in [2.24, 2.45) is 0 Å². The number of hydrogen-bond donors (Lipinski definition) is 1. The maximum atomic E-state index is 12.7. The van der Waals surface area contributed by atoms with Crippen molar-refractivity contribution < 1.29 is 14.3 Å². The zero-order valence-electron chi connectivity index (χ0n) is 17.7. The highest BCUT2D eigenvalue weighted by Crippen LogP contribution is 2.22. The van der Waals surface area contributed by atoms with E-state index in [0.29, 0.717) is 24.4 Å². The fourth-order valence-corrected chi connectivity index (χ4v) is 3.83. The first-order valence-corrected chi connectivity index (χ1v) is 10.8. The van der Waals surface area contributed by atoms with Crippen LogP contribution in [0.2, 0.25) is 0 Å². The van der Waals surface area contributed by atoms with Crippen molar-refractivity contribution in [1.29, 1.82) is 0 Å². The predicted octanol–water partition coefficient (Wildman–Crippen LogP) is 3.83. The van der Waals surface area contributed by atoms with E-state index in [1.807, 2.05) is 39.8 Å². The van der Waals surface area contributed by atoms with Crippen molar-refractivity contribution in [2.75, 3.05) is 19.8 Å². The second kappa shape index (κ2) is 10.1. The lowest BCUT2D eigenvalue weighted by Crippen LogP contribution is -2.35. The molecular weight excluding hydrogens is 448 g/mol. The van der Waals surface area contributed by atoms with E-state index in [9.17, 15) is 4.79 Å². The number of amides is 1. The average Bonchev–Trinajstić information content (AvgIpc) is 3.13. The van der Waals surface area contributed by atoms with E-state index >= 15 is 0 Å². The second-order valence-electron chi connectivity index (χ2n) is 6.91. The Kier molecular flexibility index (Phi) is 7.58. The molecule has 3 aromatic rings. The summed E-state index contributed by atoms with van der Waals surface area (Å²) in [6.07, 6.45) is 1.83. The summed E-state index contributed by atoms with van der Waals surface area (Å²) >= 11 is 3.52. The van der Waals surface area contributed by atoms with Crippen LogP contribution in [0, 0.1) is 13.8 Å². The Balaban J connectivity index is 1.84. The van der Waals surface area contributed by atoms with Crippen LogP contribution in [-0.4, -0.2) is 46.6 Å². The van der Waals surface area contributed by atoms with Gasteiger partial charge in [-0.1, -0.05) is 28.1 Å². The number of nitrogens with one attached hydrogen (secondary N) is 1. The summed E-state index contributed by atoms with van der Waals surface area (Å²) in [7, 11) is 0. The van der Waals surface area contributed by atoms with Crippen LogP contribution in [-0.2, 0) is 15.9 Å². The molecule has 1 amide bonds. The number of benzene rings is 1. The molecule has 1 N–H and O–H groups in total. The van der Waals surface area contributed by atoms with Gasteiger partial charge in [0, 0.05) is 35.5 Å². The van der Waals surface area contributed by atoms with Gasteiger partial charge in [-0.3, -0.25) is 4.79 Å². The topological polar surface area (TPSA) is 77.8 Å². The third kappa shape index (κ3) is 5.06. The van der Waals surface area contributed by atoms with E-state index < -0.39 is 6.29 Å². The first kappa shape index (κ1) is 22.4. The summed E-state index contributed by atoms with van der Waals surface area (Å²) in [5.41, 5.74) is 5.11. The Morgan fingerprint density at radius 1 is 1.23 bits per heavy atom. The van der Waals surface area contributed by atoms with Gasteiger partial charge in [0.2, 0.25) is 0 Å². The normalized spacial score (nSPS) is 11.4. The average molecular weight is 475 g/mol. The number of ether oxygens (including phenoxy) is 2. The Labute approximate surface area is 184 Å². The molecule has 1 aromatic carbocycles. The molecule has 0 bridgehead atoms. The molecule has 3 rings (SSSR count). The zero-order valence-corrected chi connectivity index (χ0v) is 19.3. The molecule has 0 spiro atoms. The number of carbonyl (C=O) groups is 1. The number of aryl methyl sites for hydroxylation is 2. The molecule has 8 heteroatoms. The lowest BCUT2D eigenvalue weighted by molar-refractivity contribution is -0.131. The van der Waals surface area contributed by atoms with Gasteiger partial charge in [-0.15, -0.1) is 0 Å². The van der Waals surface area contributed by atoms with E-state index in [1.165, 1.54) is 5.56 Å². The van der Waals surface area contributed by atoms with Crippen LogP contribution in [0.4, 0.5) is 0 Å². The maximum absolute atomic E-state index is 12.7. The Morgan fingerprint density at radius 2 is 1.97 bits per heavy atom. The molecule has 0 radical (unpaired) electrons. The van der Waals surface area contributed by atoms with Gasteiger partial charge in [0.25, 0.3) is 5.91 Å². The molecule has 0 saturated heterocycles. The first-order chi connectivity index (χ1) is 14.4. The number of hydrogen-bond acceptors (Lipinski definition) is 5. The maximum Gasteiger partial charge on any atom is 0.256 e. The van der Waals surface area contributed by atoms with Gasteiger partial charge >= 0.3 is 0 Å². The fourth-order valence-electron chi connectivity index (χ4n) is 3.39. The third-order valence-corrected chi connectivity index (χ3v) is 5.35. The number of aromatic nitrogens is 3. The van der Waals surface area contributed by atoms with E-state index in [0.717, 1.165) is 27.8 Å². The van der Waals surface area contributed by atoms with Crippen LogP contribution >= 0.6 is 15.9 Å². The third-order valence-electron chi connectivity index (χ3n) is 4.86. The molecule has 0 atom stereocenters. The van der Waals surface area contributed by atoms with Crippen molar-refractivity contribution in [3.63, 3.8) is 0 Å². The molecule has 0 aliphatic heterocycles. The van der Waals surface area contributed by atoms with Gasteiger partial charge in [-0.2, -0.15) is 5.10 Å². The highest BCUT2D eigenvalue weighted by atomic mass is 79.9. The minimum atomic E-state index is -0.473. The minimum absolute atomic E-state index is 0.250. The van der Waals surface area contributed by atoms with Crippen molar-refractivity contribution in [1.82, 2.24) is 19.9 Å². The van der Waals surface area contributed by atoms with E-state index in [4.69, 9.17) is 14.5 Å². The quantitative estimate of drug-likeness (QED) is 0.476. The van der Waals surface area contributed by atoms with Gasteiger partial charge in [0.1, 0.15) is 5.56 Å². The Hall–Kier alpha value is -2.29. The largest absolute Gasteiger partial charge is 0.351 e. The summed E-state index contributed by atoms with van der Waals surface area (Å²) in [6.45, 7) is 9.03. The number of rotatable bonds is 9. The van der Waals surface area contributed by atoms with E-state index in [-0.39, 0.29) is 12.5 Å². The van der Waals surface area contributed by atoms with Gasteiger partial charge in [-0.05, 0) is 51.0 Å². The number of halogens is 1. The summed E-state index contributed by atoms with van der Waals surface area (Å²) in [6, 6.07) is 8.20. The van der Waals surface area contributed by atoms with Gasteiger partial charge in [0.05, 0.1) is 12.7 Å². The van der Waals surface area contributed by atoms with Crippen LogP contribution in [0.1, 0.15) is 46.7 Å². The molecule has 30 heavy (non-hydrogen) atoms. The van der Waals surface area contributed by atoms with Gasteiger partial charge in [0.15, 0.2) is 11.9 Å². The number of carbonyl (C=O) groups excluding carboxylic acids is 1. The number of nitrogens with zero attached hydrogens (tertiary/aromatic N) is 3. The van der Waals surface area contributed by atoms with Crippen LogP contribution in [0.15, 0.2) is 34.9 Å². The van der Waals surface area contributed by atoms with Crippen LogP contribution in [0.25, 0.3) is 5.65 Å². The summed E-state index contributed by atoms with van der Waals surface area (Å²) < 4.78 is 13.7. The van der Waals surface area contributed by atoms with Crippen LogP contribution in [0.5, 0.6) is 0 Å². The molecule has 0 unspecified atom stereocenters. The molecule has 0 aliphatic carbocycles. The van der Waals surface area contributed by atoms with Gasteiger partial charge < -0.3 is 14.8 Å². The Morgan fingerprint density at radius 3 is 2.63 bits per heavy atom. The van der Waals surface area contributed by atoms with Crippen LogP contribution in [0.3, 0.4) is 0 Å². The molecule has 7 nitrogen and oxygen atoms in total. The van der Waals surface area contributed by atoms with E-state index in [2.05, 4.69) is 38.5 Å². The van der Waals surface area contributed by atoms with Gasteiger partial charge in [-0.25, -0.2) is 9.50 Å². The molecule has 0 aliphatic rings. The second-order valence-corrected chi connectivity index (χ2v) is 7.83. The van der Waals surface area contributed by atoms with Crippen molar-refractivity contribution in [3.8, 4) is 0 Å². The lowest BCUT2D eigenvalue weighted by atomic mass is 10.0. The van der Waals surface area contributed by atoms with Crippen molar-refractivity contribution in [2.45, 2.75) is 40.4 Å². The molecule has 160 valence electrons. The summed E-state index contributed by atoms with van der Waals surface area (Å²) in [4.78, 5) is 17.4. The summed E-state index contributed by atoms with van der Waals surface area (Å²) in [5.74, 6) is -0.250.